The van der Waals surface area contributed by atoms with Crippen LogP contribution in [0.5, 0.6) is 5.75 Å². The molecule has 2 aromatic carbocycles. The largest absolute Gasteiger partial charge is 0.508 e. The van der Waals surface area contributed by atoms with E-state index >= 15 is 0 Å². The molecule has 0 fully saturated rings. The lowest BCUT2D eigenvalue weighted by molar-refractivity contribution is 0.156. The van der Waals surface area contributed by atoms with Gasteiger partial charge >= 0.3 is 6.09 Å². The van der Waals surface area contributed by atoms with Crippen molar-refractivity contribution in [3.8, 4) is 5.75 Å². The molecule has 0 aliphatic rings. The molecule has 4 rings (SSSR count). The van der Waals surface area contributed by atoms with E-state index in [-0.39, 0.29) is 12.4 Å². The summed E-state index contributed by atoms with van der Waals surface area (Å²) >= 11 is 2.92. The Labute approximate surface area is 181 Å². The van der Waals surface area contributed by atoms with Gasteiger partial charge in [0.1, 0.15) is 12.4 Å². The van der Waals surface area contributed by atoms with E-state index in [0.29, 0.717) is 24.1 Å². The van der Waals surface area contributed by atoms with Gasteiger partial charge in [-0.15, -0.1) is 22.7 Å². The zero-order valence-electron chi connectivity index (χ0n) is 15.9. The number of nitrogens with zero attached hydrogens (tertiary/aromatic N) is 2. The number of benzene rings is 2. The van der Waals surface area contributed by atoms with E-state index in [1.54, 1.807) is 29.5 Å². The minimum absolute atomic E-state index is 0.134. The second-order valence-corrected chi connectivity index (χ2v) is 8.56. The summed E-state index contributed by atoms with van der Waals surface area (Å²) in [6.45, 7) is 0.149. The smallest absolute Gasteiger partial charge is 0.411 e. The molecule has 152 valence electrons. The monoisotopic (exact) mass is 437 g/mol. The van der Waals surface area contributed by atoms with E-state index in [9.17, 15) is 9.90 Å². The first-order valence-corrected chi connectivity index (χ1v) is 11.0. The van der Waals surface area contributed by atoms with Crippen LogP contribution >= 0.6 is 22.7 Å². The highest BCUT2D eigenvalue weighted by Crippen LogP contribution is 2.32. The molecule has 0 unspecified atom stereocenters. The van der Waals surface area contributed by atoms with Crippen LogP contribution in [0.15, 0.2) is 65.9 Å². The maximum absolute atomic E-state index is 12.4. The number of aromatic nitrogens is 2. The predicted molar refractivity (Wildman–Crippen MR) is 118 cm³/mol. The fourth-order valence-corrected chi connectivity index (χ4v) is 4.16. The summed E-state index contributed by atoms with van der Waals surface area (Å²) in [7, 11) is 0. The molecule has 0 aliphatic heterocycles. The topological polar surface area (TPSA) is 84.3 Å². The van der Waals surface area contributed by atoms with E-state index in [1.165, 1.54) is 22.7 Å². The maximum atomic E-state index is 12.4. The summed E-state index contributed by atoms with van der Waals surface area (Å²) < 4.78 is 5.31. The third kappa shape index (κ3) is 5.22. The number of aromatic hydroxyl groups is 1. The van der Waals surface area contributed by atoms with Crippen molar-refractivity contribution in [3.63, 3.8) is 0 Å². The molecular formula is C22H19N3O3S2. The van der Waals surface area contributed by atoms with Gasteiger partial charge in [0.05, 0.1) is 21.6 Å². The number of nitrogens with one attached hydrogen (secondary N) is 1. The highest BCUT2D eigenvalue weighted by Gasteiger charge is 2.16. The highest BCUT2D eigenvalue weighted by atomic mass is 32.1. The fourth-order valence-electron chi connectivity index (χ4n) is 3.05. The maximum Gasteiger partial charge on any atom is 0.411 e. The molecule has 0 radical (unpaired) electrons. The third-order valence-electron chi connectivity index (χ3n) is 4.44. The Morgan fingerprint density at radius 3 is 2.40 bits per heavy atom. The predicted octanol–water partition coefficient (Wildman–Crippen LogP) is 5.24. The van der Waals surface area contributed by atoms with Crippen molar-refractivity contribution in [2.24, 2.45) is 0 Å². The summed E-state index contributed by atoms with van der Waals surface area (Å²) in [6, 6.07) is 13.6. The van der Waals surface area contributed by atoms with Gasteiger partial charge in [-0.1, -0.05) is 30.3 Å². The zero-order valence-corrected chi connectivity index (χ0v) is 17.6. The van der Waals surface area contributed by atoms with Crippen molar-refractivity contribution in [1.29, 1.82) is 0 Å². The van der Waals surface area contributed by atoms with E-state index in [1.807, 2.05) is 36.4 Å². The van der Waals surface area contributed by atoms with Gasteiger partial charge in [0.2, 0.25) is 0 Å². The molecule has 0 spiro atoms. The van der Waals surface area contributed by atoms with Crippen LogP contribution in [0.2, 0.25) is 0 Å². The molecule has 30 heavy (non-hydrogen) atoms. The van der Waals surface area contributed by atoms with E-state index in [4.69, 9.17) is 4.74 Å². The number of anilines is 1. The Kier molecular flexibility index (Phi) is 6.36. The first kappa shape index (κ1) is 20.1. The minimum Gasteiger partial charge on any atom is -0.508 e. The summed E-state index contributed by atoms with van der Waals surface area (Å²) in [5.41, 5.74) is 6.60. The van der Waals surface area contributed by atoms with Gasteiger partial charge in [-0.2, -0.15) is 0 Å². The van der Waals surface area contributed by atoms with Crippen LogP contribution < -0.4 is 5.32 Å². The van der Waals surface area contributed by atoms with E-state index in [0.717, 1.165) is 20.9 Å². The van der Waals surface area contributed by atoms with Gasteiger partial charge in [0, 0.05) is 29.3 Å². The van der Waals surface area contributed by atoms with Gasteiger partial charge in [-0.05, 0) is 29.7 Å². The summed E-state index contributed by atoms with van der Waals surface area (Å²) in [5, 5.41) is 13.5. The van der Waals surface area contributed by atoms with Crippen molar-refractivity contribution in [2.75, 3.05) is 5.32 Å². The highest BCUT2D eigenvalue weighted by molar-refractivity contribution is 7.09. The Morgan fingerprint density at radius 2 is 1.70 bits per heavy atom. The molecule has 0 bridgehead atoms. The van der Waals surface area contributed by atoms with Crippen LogP contribution in [-0.4, -0.2) is 21.2 Å². The number of phenols is 1. The first-order valence-electron chi connectivity index (χ1n) is 9.24. The Morgan fingerprint density at radius 1 is 0.967 bits per heavy atom. The number of carbonyl (C=O) groups excluding carboxylic acids is 1. The fraction of sp³-hybridized carbons (Fsp3) is 0.136. The lowest BCUT2D eigenvalue weighted by Gasteiger charge is -2.15. The summed E-state index contributed by atoms with van der Waals surface area (Å²) in [5.74, 6) is 0.134. The summed E-state index contributed by atoms with van der Waals surface area (Å²) in [6.07, 6.45) is 3.95. The van der Waals surface area contributed by atoms with Gasteiger partial charge < -0.3 is 9.84 Å². The lowest BCUT2D eigenvalue weighted by Crippen LogP contribution is -2.15. The van der Waals surface area contributed by atoms with Crippen LogP contribution in [0.25, 0.3) is 0 Å². The van der Waals surface area contributed by atoms with Crippen molar-refractivity contribution in [1.82, 2.24) is 9.97 Å². The Balaban J connectivity index is 1.57. The number of phenolic OH excluding ortho intramolecular Hbond substituents is 1. The number of carbonyl (C=O) groups is 1. The minimum atomic E-state index is -0.579. The molecule has 2 heterocycles. The molecular weight excluding hydrogens is 418 g/mol. The third-order valence-corrected chi connectivity index (χ3v) is 5.97. The molecule has 8 heteroatoms. The van der Waals surface area contributed by atoms with Crippen molar-refractivity contribution in [3.05, 3.63) is 92.3 Å². The van der Waals surface area contributed by atoms with Crippen molar-refractivity contribution < 1.29 is 14.6 Å². The second-order valence-electron chi connectivity index (χ2n) is 6.62. The molecule has 0 atom stereocenters. The van der Waals surface area contributed by atoms with Crippen LogP contribution in [0.1, 0.15) is 26.4 Å². The van der Waals surface area contributed by atoms with Crippen LogP contribution in [0.3, 0.4) is 0 Å². The average molecular weight is 438 g/mol. The Hall–Kier alpha value is -3.23. The standard InChI is InChI=1S/C22H19N3O3S2/c26-21-8-16(6-15-4-2-1-3-5-15)7-20(19(21)9-17-10-23-13-29-17)25-22(27)28-12-18-11-24-14-30-18/h1-5,7-8,10-11,13-14,26H,6,9,12H2,(H,25,27). The van der Waals surface area contributed by atoms with Gasteiger partial charge in [0.25, 0.3) is 0 Å². The van der Waals surface area contributed by atoms with Gasteiger partial charge in [0.15, 0.2) is 0 Å². The molecule has 0 aliphatic carbocycles. The number of hydrogen-bond acceptors (Lipinski definition) is 7. The molecule has 1 amide bonds. The zero-order chi connectivity index (χ0) is 20.8. The van der Waals surface area contributed by atoms with Gasteiger partial charge in [-0.3, -0.25) is 15.3 Å². The van der Waals surface area contributed by atoms with Gasteiger partial charge in [-0.25, -0.2) is 4.79 Å². The van der Waals surface area contributed by atoms with E-state index in [2.05, 4.69) is 15.3 Å². The SMILES string of the molecule is O=C(Nc1cc(Cc2ccccc2)cc(O)c1Cc1cncs1)OCc1cncs1. The number of hydrogen-bond donors (Lipinski definition) is 2. The molecule has 6 nitrogen and oxygen atoms in total. The molecule has 0 saturated carbocycles. The molecule has 2 N–H and O–H groups in total. The summed E-state index contributed by atoms with van der Waals surface area (Å²) in [4.78, 5) is 22.3. The normalized spacial score (nSPS) is 10.7. The first-order chi connectivity index (χ1) is 14.7. The average Bonchev–Trinajstić information content (AvgIpc) is 3.44. The van der Waals surface area contributed by atoms with Crippen LogP contribution in [0, 0.1) is 0 Å². The second kappa shape index (κ2) is 9.51. The molecule has 4 aromatic rings. The van der Waals surface area contributed by atoms with Crippen LogP contribution in [-0.2, 0) is 24.2 Å². The van der Waals surface area contributed by atoms with Crippen molar-refractivity contribution >= 4 is 34.5 Å². The van der Waals surface area contributed by atoms with Crippen molar-refractivity contribution in [2.45, 2.75) is 19.4 Å². The number of amides is 1. The molecule has 0 saturated heterocycles. The number of ether oxygens (including phenoxy) is 1. The Bertz CT molecular complexity index is 1100. The van der Waals surface area contributed by atoms with Crippen LogP contribution in [0.4, 0.5) is 10.5 Å². The van der Waals surface area contributed by atoms with E-state index < -0.39 is 6.09 Å². The molecule has 2 aromatic heterocycles. The quantitative estimate of drug-likeness (QED) is 0.413. The number of thiazole rings is 2. The number of rotatable bonds is 7. The lowest BCUT2D eigenvalue weighted by atomic mass is 9.99.